The second-order valence-corrected chi connectivity index (χ2v) is 9.08. The maximum Gasteiger partial charge on any atom is 0.240 e. The van der Waals surface area contributed by atoms with Crippen LogP contribution in [0, 0.1) is 5.92 Å². The summed E-state index contributed by atoms with van der Waals surface area (Å²) in [4.78, 5) is 17.6. The molecular weight excluding hydrogens is 446 g/mol. The lowest BCUT2D eigenvalue weighted by Crippen LogP contribution is -2.33. The van der Waals surface area contributed by atoms with Crippen LogP contribution in [0.1, 0.15) is 30.9 Å². The third kappa shape index (κ3) is 4.70. The minimum absolute atomic E-state index is 0.0421. The minimum Gasteiger partial charge on any atom is -0.489 e. The van der Waals surface area contributed by atoms with E-state index in [4.69, 9.17) is 9.15 Å². The van der Waals surface area contributed by atoms with E-state index in [0.717, 1.165) is 40.1 Å². The highest BCUT2D eigenvalue weighted by molar-refractivity contribution is 7.98. The zero-order valence-electron chi connectivity index (χ0n) is 19.1. The van der Waals surface area contributed by atoms with E-state index in [1.165, 1.54) is 4.90 Å². The van der Waals surface area contributed by atoms with Crippen LogP contribution in [-0.2, 0) is 11.4 Å². The summed E-state index contributed by atoms with van der Waals surface area (Å²) in [7, 11) is 0. The van der Waals surface area contributed by atoms with Gasteiger partial charge in [0, 0.05) is 28.4 Å². The standard InChI is InChI=1S/C27H25N3O3S/c1-3-18-15-25(31)29-30-26(18)20-8-13-23-24(14-20)33-27(28-23)19-6-9-21(10-7-19)32-16-17-4-11-22(34-2)12-5-17/h4-14,18H,3,15-16H2,1-2H3,(H,29,31). The van der Waals surface area contributed by atoms with Crippen molar-refractivity contribution in [2.45, 2.75) is 31.3 Å². The molecule has 0 radical (unpaired) electrons. The van der Waals surface area contributed by atoms with Gasteiger partial charge in [-0.3, -0.25) is 4.79 Å². The number of nitrogens with one attached hydrogen (secondary N) is 1. The fraction of sp³-hybridized carbons (Fsp3) is 0.222. The molecule has 1 amide bonds. The van der Waals surface area contributed by atoms with E-state index in [1.54, 1.807) is 11.8 Å². The number of carbonyl (C=O) groups excluding carboxylic acids is 1. The number of fused-ring (bicyclic) bond motifs is 1. The van der Waals surface area contributed by atoms with Gasteiger partial charge >= 0.3 is 0 Å². The number of benzene rings is 3. The Morgan fingerprint density at radius 3 is 2.56 bits per heavy atom. The Balaban J connectivity index is 1.31. The number of hydrazone groups is 1. The number of carbonyl (C=O) groups is 1. The lowest BCUT2D eigenvalue weighted by atomic mass is 9.90. The molecule has 5 rings (SSSR count). The normalized spacial score (nSPS) is 15.8. The van der Waals surface area contributed by atoms with Crippen LogP contribution in [-0.4, -0.2) is 22.9 Å². The molecule has 1 atom stereocenters. The molecule has 3 aromatic carbocycles. The number of rotatable bonds is 7. The Morgan fingerprint density at radius 2 is 1.82 bits per heavy atom. The summed E-state index contributed by atoms with van der Waals surface area (Å²) in [6, 6.07) is 22.0. The van der Waals surface area contributed by atoms with Crippen molar-refractivity contribution < 1.29 is 13.9 Å². The first-order valence-corrected chi connectivity index (χ1v) is 12.5. The molecule has 34 heavy (non-hydrogen) atoms. The van der Waals surface area contributed by atoms with Gasteiger partial charge in [0.15, 0.2) is 5.58 Å². The Labute approximate surface area is 202 Å². The number of nitrogens with zero attached hydrogens (tertiary/aromatic N) is 2. The van der Waals surface area contributed by atoms with Crippen molar-refractivity contribution in [1.29, 1.82) is 0 Å². The molecule has 6 nitrogen and oxygen atoms in total. The van der Waals surface area contributed by atoms with Crippen molar-refractivity contribution in [3.05, 3.63) is 77.9 Å². The van der Waals surface area contributed by atoms with Gasteiger partial charge < -0.3 is 9.15 Å². The monoisotopic (exact) mass is 471 g/mol. The van der Waals surface area contributed by atoms with E-state index in [1.807, 2.05) is 42.5 Å². The molecular formula is C27H25N3O3S. The van der Waals surface area contributed by atoms with Crippen LogP contribution in [0.2, 0.25) is 0 Å². The van der Waals surface area contributed by atoms with Crippen LogP contribution in [0.3, 0.4) is 0 Å². The molecule has 0 bridgehead atoms. The van der Waals surface area contributed by atoms with Crippen molar-refractivity contribution in [3.63, 3.8) is 0 Å². The maximum absolute atomic E-state index is 11.7. The largest absolute Gasteiger partial charge is 0.489 e. The van der Waals surface area contributed by atoms with E-state index in [-0.39, 0.29) is 11.8 Å². The molecule has 0 spiro atoms. The second kappa shape index (κ2) is 9.73. The number of aromatic nitrogens is 1. The SMILES string of the molecule is CCC1CC(=O)NN=C1c1ccc2nc(-c3ccc(OCc4ccc(SC)cc4)cc3)oc2c1. The van der Waals surface area contributed by atoms with Gasteiger partial charge in [-0.15, -0.1) is 11.8 Å². The topological polar surface area (TPSA) is 76.7 Å². The summed E-state index contributed by atoms with van der Waals surface area (Å²) in [5.41, 5.74) is 7.89. The summed E-state index contributed by atoms with van der Waals surface area (Å²) in [5, 5.41) is 4.30. The molecule has 1 aromatic heterocycles. The van der Waals surface area contributed by atoms with Crippen molar-refractivity contribution in [3.8, 4) is 17.2 Å². The number of amides is 1. The zero-order valence-corrected chi connectivity index (χ0v) is 19.9. The molecule has 1 aliphatic rings. The van der Waals surface area contributed by atoms with Crippen molar-refractivity contribution in [2.75, 3.05) is 6.26 Å². The van der Waals surface area contributed by atoms with Crippen LogP contribution in [0.5, 0.6) is 5.75 Å². The average Bonchev–Trinajstić information content (AvgIpc) is 3.31. The molecule has 1 aliphatic heterocycles. The summed E-state index contributed by atoms with van der Waals surface area (Å²) in [6.45, 7) is 2.58. The molecule has 0 aliphatic carbocycles. The predicted molar refractivity (Wildman–Crippen MR) is 135 cm³/mol. The smallest absolute Gasteiger partial charge is 0.240 e. The van der Waals surface area contributed by atoms with E-state index >= 15 is 0 Å². The Morgan fingerprint density at radius 1 is 1.06 bits per heavy atom. The van der Waals surface area contributed by atoms with Gasteiger partial charge in [0.1, 0.15) is 17.9 Å². The van der Waals surface area contributed by atoms with Crippen LogP contribution >= 0.6 is 11.8 Å². The Bertz CT molecular complexity index is 1340. The predicted octanol–water partition coefficient (Wildman–Crippen LogP) is 6.05. The highest BCUT2D eigenvalue weighted by Crippen LogP contribution is 2.28. The third-order valence-corrected chi connectivity index (χ3v) is 6.71. The van der Waals surface area contributed by atoms with E-state index in [2.05, 4.69) is 53.0 Å². The Kier molecular flexibility index (Phi) is 6.36. The number of ether oxygens (including phenoxy) is 1. The summed E-state index contributed by atoms with van der Waals surface area (Å²) >= 11 is 1.73. The summed E-state index contributed by atoms with van der Waals surface area (Å²) in [5.74, 6) is 1.40. The fourth-order valence-electron chi connectivity index (χ4n) is 4.01. The van der Waals surface area contributed by atoms with E-state index < -0.39 is 0 Å². The third-order valence-electron chi connectivity index (χ3n) is 5.96. The molecule has 2 heterocycles. The first-order valence-electron chi connectivity index (χ1n) is 11.3. The molecule has 4 aromatic rings. The molecule has 172 valence electrons. The molecule has 1 N–H and O–H groups in total. The van der Waals surface area contributed by atoms with Gasteiger partial charge in [-0.1, -0.05) is 25.1 Å². The lowest BCUT2D eigenvalue weighted by Gasteiger charge is -2.21. The van der Waals surface area contributed by atoms with Crippen molar-refractivity contribution >= 4 is 34.5 Å². The fourth-order valence-corrected chi connectivity index (χ4v) is 4.42. The van der Waals surface area contributed by atoms with Gasteiger partial charge in [-0.05, 0) is 66.8 Å². The molecule has 0 saturated carbocycles. The van der Waals surface area contributed by atoms with E-state index in [0.29, 0.717) is 24.5 Å². The van der Waals surface area contributed by atoms with E-state index in [9.17, 15) is 4.79 Å². The lowest BCUT2D eigenvalue weighted by molar-refractivity contribution is -0.122. The average molecular weight is 472 g/mol. The molecule has 0 saturated heterocycles. The van der Waals surface area contributed by atoms with Gasteiger partial charge in [0.25, 0.3) is 0 Å². The number of hydrogen-bond acceptors (Lipinski definition) is 6. The maximum atomic E-state index is 11.7. The van der Waals surface area contributed by atoms with Crippen LogP contribution in [0.25, 0.3) is 22.6 Å². The highest BCUT2D eigenvalue weighted by Gasteiger charge is 2.24. The second-order valence-electron chi connectivity index (χ2n) is 8.20. The van der Waals surface area contributed by atoms with Crippen LogP contribution < -0.4 is 10.2 Å². The molecule has 1 unspecified atom stereocenters. The number of thioether (sulfide) groups is 1. The quantitative estimate of drug-likeness (QED) is 0.332. The summed E-state index contributed by atoms with van der Waals surface area (Å²) < 4.78 is 12.0. The molecule has 7 heteroatoms. The van der Waals surface area contributed by atoms with Crippen molar-refractivity contribution in [1.82, 2.24) is 10.4 Å². The summed E-state index contributed by atoms with van der Waals surface area (Å²) in [6.07, 6.45) is 3.37. The first kappa shape index (κ1) is 22.2. The highest BCUT2D eigenvalue weighted by atomic mass is 32.2. The molecule has 0 fully saturated rings. The van der Waals surface area contributed by atoms with Crippen LogP contribution in [0.4, 0.5) is 0 Å². The van der Waals surface area contributed by atoms with Gasteiger partial charge in [-0.25, -0.2) is 10.4 Å². The number of hydrogen-bond donors (Lipinski definition) is 1. The van der Waals surface area contributed by atoms with Gasteiger partial charge in [0.2, 0.25) is 11.8 Å². The van der Waals surface area contributed by atoms with Gasteiger partial charge in [0.05, 0.1) is 5.71 Å². The van der Waals surface area contributed by atoms with Gasteiger partial charge in [-0.2, -0.15) is 5.10 Å². The minimum atomic E-state index is -0.0421. The number of oxazole rings is 1. The van der Waals surface area contributed by atoms with Crippen LogP contribution in [0.15, 0.2) is 81.1 Å². The van der Waals surface area contributed by atoms with Crippen molar-refractivity contribution in [2.24, 2.45) is 11.0 Å². The first-order chi connectivity index (χ1) is 16.6. The zero-order chi connectivity index (χ0) is 23.5. The Hall–Kier alpha value is -3.58.